The summed E-state index contributed by atoms with van der Waals surface area (Å²) in [5.74, 6) is 0.266. The normalized spacial score (nSPS) is 25.2. The van der Waals surface area contributed by atoms with E-state index in [-0.39, 0.29) is 19.0 Å². The maximum atomic E-state index is 13.4. The Kier molecular flexibility index (Phi) is 16.7. The van der Waals surface area contributed by atoms with Crippen LogP contribution in [0.3, 0.4) is 0 Å². The van der Waals surface area contributed by atoms with Crippen LogP contribution in [0.1, 0.15) is 128 Å². The molecule has 1 aliphatic carbocycles. The highest BCUT2D eigenvalue weighted by atomic mass is 32.7. The van der Waals surface area contributed by atoms with E-state index in [1.165, 1.54) is 101 Å². The molecule has 0 radical (unpaired) electrons. The van der Waals surface area contributed by atoms with Gasteiger partial charge in [-0.05, 0) is 31.0 Å². The molecule has 0 spiro atoms. The van der Waals surface area contributed by atoms with Crippen molar-refractivity contribution >= 4 is 30.4 Å². The lowest BCUT2D eigenvalue weighted by Crippen LogP contribution is -2.46. The van der Waals surface area contributed by atoms with E-state index in [0.29, 0.717) is 24.4 Å². The zero-order chi connectivity index (χ0) is 38.4. The van der Waals surface area contributed by atoms with Crippen LogP contribution in [-0.4, -0.2) is 74.6 Å². The molecule has 2 aromatic heterocycles. The van der Waals surface area contributed by atoms with E-state index in [2.05, 4.69) is 29.3 Å². The lowest BCUT2D eigenvalue weighted by molar-refractivity contribution is -0.124. The molecular weight excluding hydrogens is 728 g/mol. The number of anilines is 1. The second kappa shape index (κ2) is 20.9. The van der Waals surface area contributed by atoms with E-state index in [0.717, 1.165) is 18.4 Å². The number of nitrogens with two attached hydrogens (primary N) is 1. The Labute approximate surface area is 326 Å². The molecular formula is C40H63N4O8PS. The number of hydrogen-bond acceptors (Lipinski definition) is 11. The monoisotopic (exact) mass is 790 g/mol. The summed E-state index contributed by atoms with van der Waals surface area (Å²) in [4.78, 5) is 3.99. The van der Waals surface area contributed by atoms with Crippen molar-refractivity contribution < 1.29 is 38.0 Å². The lowest BCUT2D eigenvalue weighted by atomic mass is 9.91. The van der Waals surface area contributed by atoms with Gasteiger partial charge in [0.05, 0.1) is 25.5 Å². The topological polar surface area (TPSA) is 160 Å². The molecule has 7 atom stereocenters. The van der Waals surface area contributed by atoms with Crippen molar-refractivity contribution in [3.05, 3.63) is 60.0 Å². The fourth-order valence-electron chi connectivity index (χ4n) is 7.49. The van der Waals surface area contributed by atoms with Gasteiger partial charge >= 0.3 is 6.80 Å². The van der Waals surface area contributed by atoms with Crippen molar-refractivity contribution in [3.8, 4) is 0 Å². The Morgan fingerprint density at radius 3 is 2.13 bits per heavy atom. The number of rotatable bonds is 28. The highest BCUT2D eigenvalue weighted by Gasteiger charge is 2.82. The fourth-order valence-corrected chi connectivity index (χ4v) is 8.97. The van der Waals surface area contributed by atoms with E-state index < -0.39 is 42.4 Å². The van der Waals surface area contributed by atoms with Crippen LogP contribution in [0.5, 0.6) is 0 Å². The van der Waals surface area contributed by atoms with Crippen LogP contribution >= 0.6 is 19.0 Å². The third-order valence-electron chi connectivity index (χ3n) is 10.8. The first-order chi connectivity index (χ1) is 26.1. The van der Waals surface area contributed by atoms with Crippen LogP contribution in [0.15, 0.2) is 48.8 Å². The molecule has 0 amide bonds. The Morgan fingerprint density at radius 2 is 1.54 bits per heavy atom. The molecule has 2 aliphatic rings. The number of unbranched alkanes of at least 4 members (excludes halogenated alkanes) is 15. The molecule has 3 aromatic rings. The average Bonchev–Trinajstić information content (AvgIpc) is 3.41. The first kappa shape index (κ1) is 43.1. The number of aliphatic hydroxyl groups excluding tert-OH is 1. The van der Waals surface area contributed by atoms with Gasteiger partial charge in [0.2, 0.25) is 0 Å². The van der Waals surface area contributed by atoms with Gasteiger partial charge in [-0.15, -0.1) is 0 Å². The molecule has 54 heavy (non-hydrogen) atoms. The Hall–Kier alpha value is -2.06. The van der Waals surface area contributed by atoms with Crippen molar-refractivity contribution in [3.63, 3.8) is 0 Å². The van der Waals surface area contributed by atoms with Crippen molar-refractivity contribution in [1.82, 2.24) is 14.6 Å². The van der Waals surface area contributed by atoms with Crippen LogP contribution in [0.25, 0.3) is 5.52 Å². The van der Waals surface area contributed by atoms with Crippen molar-refractivity contribution in [1.29, 1.82) is 0 Å². The summed E-state index contributed by atoms with van der Waals surface area (Å²) in [6.07, 6.45) is 18.2. The Morgan fingerprint density at radius 1 is 0.926 bits per heavy atom. The fraction of sp³-hybridized carbons (Fsp3) is 0.700. The van der Waals surface area contributed by atoms with Crippen LogP contribution in [0.4, 0.5) is 5.82 Å². The third kappa shape index (κ3) is 11.5. The highest BCUT2D eigenvalue weighted by Crippen LogP contribution is 2.65. The van der Waals surface area contributed by atoms with Gasteiger partial charge in [-0.3, -0.25) is 9.05 Å². The van der Waals surface area contributed by atoms with Gasteiger partial charge in [-0.2, -0.15) is 5.10 Å². The molecule has 1 aromatic carbocycles. The van der Waals surface area contributed by atoms with E-state index in [9.17, 15) is 14.8 Å². The minimum Gasteiger partial charge on any atom is -0.386 e. The summed E-state index contributed by atoms with van der Waals surface area (Å²) in [5, 5.41) is 27.0. The largest absolute Gasteiger partial charge is 0.386 e. The van der Waals surface area contributed by atoms with Gasteiger partial charge in [0, 0.05) is 6.61 Å². The summed E-state index contributed by atoms with van der Waals surface area (Å²) < 4.78 is 44.5. The van der Waals surface area contributed by atoms with Crippen molar-refractivity contribution in [2.45, 2.75) is 159 Å². The first-order valence-electron chi connectivity index (χ1n) is 20.2. The lowest BCUT2D eigenvalue weighted by Gasteiger charge is -2.32. The molecule has 5 rings (SSSR count). The number of nitrogen functional groups attached to an aromatic ring is 1. The number of fused-ring (bicyclic) bond motifs is 2. The number of aliphatic hydroxyl groups is 2. The second-order valence-electron chi connectivity index (χ2n) is 15.2. The summed E-state index contributed by atoms with van der Waals surface area (Å²) in [6.45, 7) is 0.948. The summed E-state index contributed by atoms with van der Waals surface area (Å²) in [7, 11) is 0. The summed E-state index contributed by atoms with van der Waals surface area (Å²) in [6, 6.07) is 13.2. The van der Waals surface area contributed by atoms with Gasteiger partial charge in [-0.25, -0.2) is 14.1 Å². The van der Waals surface area contributed by atoms with E-state index >= 15 is 0 Å². The van der Waals surface area contributed by atoms with Gasteiger partial charge < -0.3 is 30.2 Å². The molecule has 1 unspecified atom stereocenters. The van der Waals surface area contributed by atoms with Crippen molar-refractivity contribution in [2.24, 2.45) is 0 Å². The smallest absolute Gasteiger partial charge is 0.386 e. The predicted molar refractivity (Wildman–Crippen MR) is 213 cm³/mol. The molecule has 0 bridgehead atoms. The van der Waals surface area contributed by atoms with Gasteiger partial charge in [0.15, 0.2) is 11.4 Å². The van der Waals surface area contributed by atoms with E-state index in [1.54, 1.807) is 19.1 Å². The zero-order valence-electron chi connectivity index (χ0n) is 32.2. The SMILES string of the molecule is CCCCCCCCCCCCCCCCCCOC[C@H](CO[P@@](=O)(S)OC1[C@H]2O[C@@](C)(c3ccc4c(N)ncnn34)[C@H](O)[C@@]12O)OCc1ccccc1. The molecule has 12 nitrogen and oxygen atoms in total. The Balaban J connectivity index is 0.989. The number of benzene rings is 1. The second-order valence-corrected chi connectivity index (χ2v) is 18.1. The molecule has 3 heterocycles. The van der Waals surface area contributed by atoms with Crippen LogP contribution < -0.4 is 5.73 Å². The van der Waals surface area contributed by atoms with E-state index in [1.807, 2.05) is 30.3 Å². The van der Waals surface area contributed by atoms with Gasteiger partial charge in [0.1, 0.15) is 41.9 Å². The minimum absolute atomic E-state index is 0.110. The highest BCUT2D eigenvalue weighted by molar-refractivity contribution is 8.44. The number of nitrogens with zero attached hydrogens (tertiary/aromatic N) is 3. The average molecular weight is 791 g/mol. The number of aromatic nitrogens is 3. The van der Waals surface area contributed by atoms with Gasteiger partial charge in [-0.1, -0.05) is 146 Å². The molecule has 14 heteroatoms. The molecule has 1 saturated heterocycles. The van der Waals surface area contributed by atoms with Crippen molar-refractivity contribution in [2.75, 3.05) is 25.6 Å². The minimum atomic E-state index is -4.02. The number of ether oxygens (including phenoxy) is 3. The number of hydrogen-bond donors (Lipinski definition) is 4. The standard InChI is InChI=1S/C40H63N4O8PS/c1-3-4-5-6-7-8-9-10-11-12-13-14-15-16-17-21-26-48-28-32(49-27-31-22-19-18-20-23-31)29-50-53(47,54)52-36-35-40(36,46)38(45)39(2,51-35)34-25-24-33-37(41)42-30-43-44(33)34/h18-20,22-25,30,32,35-36,38,45-46H,3-17,21,26-29H2,1-2H3,(H,47,54)(H2,41,42,43)/t32-,35-,36?,38+,39+,40+,53-/m1/s1. The summed E-state index contributed by atoms with van der Waals surface area (Å²) in [5.41, 5.74) is 4.78. The molecule has 1 aliphatic heterocycles. The molecule has 302 valence electrons. The van der Waals surface area contributed by atoms with Gasteiger partial charge in [0.25, 0.3) is 0 Å². The first-order valence-corrected chi connectivity index (χ1v) is 22.9. The predicted octanol–water partition coefficient (Wildman–Crippen LogP) is 8.33. The van der Waals surface area contributed by atoms with Crippen LogP contribution in [-0.2, 0) is 40.0 Å². The van der Waals surface area contributed by atoms with E-state index in [4.69, 9.17) is 29.0 Å². The zero-order valence-corrected chi connectivity index (χ0v) is 34.0. The molecule has 4 N–H and O–H groups in total. The maximum Gasteiger partial charge on any atom is 0.386 e. The van der Waals surface area contributed by atoms with Crippen LogP contribution in [0, 0.1) is 0 Å². The summed E-state index contributed by atoms with van der Waals surface area (Å²) >= 11 is 4.19. The third-order valence-corrected chi connectivity index (χ3v) is 12.4. The Bertz CT molecular complexity index is 1600. The molecule has 1 saturated carbocycles. The van der Waals surface area contributed by atoms with Crippen LogP contribution in [0.2, 0.25) is 0 Å². The maximum absolute atomic E-state index is 13.4. The quantitative estimate of drug-likeness (QED) is 0.0318. The molecule has 2 fully saturated rings. The number of thiol groups is 1.